The summed E-state index contributed by atoms with van der Waals surface area (Å²) in [5.74, 6) is 1.62. The van der Waals surface area contributed by atoms with Crippen molar-refractivity contribution in [3.8, 4) is 5.75 Å². The Morgan fingerprint density at radius 2 is 2.03 bits per heavy atom. The summed E-state index contributed by atoms with van der Waals surface area (Å²) in [7, 11) is 5.24. The van der Waals surface area contributed by atoms with E-state index in [1.54, 1.807) is 26.1 Å². The second kappa shape index (κ2) is 13.1. The van der Waals surface area contributed by atoms with Crippen molar-refractivity contribution in [1.29, 1.82) is 0 Å². The SMILES string of the molecule is CCN1CCCC1CNC(=NCC(=O)N(C)C)NC1CCN(c2ccccc2OC)C1.I. The number of amides is 1. The molecule has 0 aromatic heterocycles. The monoisotopic (exact) mass is 558 g/mol. The van der Waals surface area contributed by atoms with Gasteiger partial charge in [-0.2, -0.15) is 0 Å². The molecule has 1 amide bonds. The van der Waals surface area contributed by atoms with Crippen LogP contribution in [0.3, 0.4) is 0 Å². The number of rotatable bonds is 8. The van der Waals surface area contributed by atoms with Gasteiger partial charge in [-0.25, -0.2) is 4.99 Å². The number of likely N-dealkylation sites (tertiary alicyclic amines) is 1. The van der Waals surface area contributed by atoms with Gasteiger partial charge in [-0.1, -0.05) is 19.1 Å². The molecule has 2 unspecified atom stereocenters. The van der Waals surface area contributed by atoms with E-state index in [-0.39, 0.29) is 42.5 Å². The Labute approximate surface area is 209 Å². The number of para-hydroxylation sites is 2. The number of carbonyl (C=O) groups excluding carboxylic acids is 1. The second-order valence-electron chi connectivity index (χ2n) is 8.51. The Morgan fingerprint density at radius 3 is 2.75 bits per heavy atom. The van der Waals surface area contributed by atoms with Crippen molar-refractivity contribution >= 4 is 41.5 Å². The van der Waals surface area contributed by atoms with E-state index in [1.807, 2.05) is 18.2 Å². The number of ether oxygens (including phenoxy) is 1. The summed E-state index contributed by atoms with van der Waals surface area (Å²) in [4.78, 5) is 23.1. The van der Waals surface area contributed by atoms with Crippen LogP contribution in [0.1, 0.15) is 26.2 Å². The Morgan fingerprint density at radius 1 is 1.25 bits per heavy atom. The summed E-state index contributed by atoms with van der Waals surface area (Å²) < 4.78 is 5.53. The Bertz CT molecular complexity index is 760. The first-order valence-corrected chi connectivity index (χ1v) is 11.4. The standard InChI is InChI=1S/C23H38N6O2.HI/c1-5-28-13-8-9-19(28)15-24-23(25-16-22(30)27(2)3)26-18-12-14-29(17-18)20-10-6-7-11-21(20)31-4;/h6-7,10-11,18-19H,5,8-9,12-17H2,1-4H3,(H2,24,25,26);1H. The van der Waals surface area contributed by atoms with Crippen LogP contribution in [0.15, 0.2) is 29.3 Å². The first kappa shape index (κ1) is 26.5. The highest BCUT2D eigenvalue weighted by Crippen LogP contribution is 2.30. The van der Waals surface area contributed by atoms with Crippen LogP contribution in [-0.4, -0.2) is 94.2 Å². The van der Waals surface area contributed by atoms with Gasteiger partial charge in [0.05, 0.1) is 12.8 Å². The first-order chi connectivity index (χ1) is 15.0. The highest BCUT2D eigenvalue weighted by atomic mass is 127. The predicted molar refractivity (Wildman–Crippen MR) is 141 cm³/mol. The van der Waals surface area contributed by atoms with Gasteiger partial charge in [0.15, 0.2) is 5.96 Å². The van der Waals surface area contributed by atoms with Gasteiger partial charge in [0.25, 0.3) is 0 Å². The van der Waals surface area contributed by atoms with E-state index in [9.17, 15) is 4.79 Å². The highest BCUT2D eigenvalue weighted by molar-refractivity contribution is 14.0. The molecule has 1 aromatic carbocycles. The summed E-state index contributed by atoms with van der Waals surface area (Å²) in [6.45, 7) is 7.26. The zero-order chi connectivity index (χ0) is 22.2. The van der Waals surface area contributed by atoms with Crippen molar-refractivity contribution in [1.82, 2.24) is 20.4 Å². The van der Waals surface area contributed by atoms with Gasteiger partial charge in [-0.15, -0.1) is 24.0 Å². The molecule has 1 aromatic rings. The third-order valence-electron chi connectivity index (χ3n) is 6.24. The van der Waals surface area contributed by atoms with Crippen LogP contribution in [0, 0.1) is 0 Å². The first-order valence-electron chi connectivity index (χ1n) is 11.4. The van der Waals surface area contributed by atoms with E-state index < -0.39 is 0 Å². The van der Waals surface area contributed by atoms with Crippen molar-refractivity contribution in [3.05, 3.63) is 24.3 Å². The van der Waals surface area contributed by atoms with Crippen molar-refractivity contribution in [2.24, 2.45) is 4.99 Å². The lowest BCUT2D eigenvalue weighted by molar-refractivity contribution is -0.127. The van der Waals surface area contributed by atoms with Gasteiger partial charge in [-0.05, 0) is 44.5 Å². The number of aliphatic imine (C=N–C) groups is 1. The van der Waals surface area contributed by atoms with Crippen molar-refractivity contribution in [2.75, 3.05) is 65.4 Å². The van der Waals surface area contributed by atoms with Crippen molar-refractivity contribution in [3.63, 3.8) is 0 Å². The largest absolute Gasteiger partial charge is 0.495 e. The molecule has 8 nitrogen and oxygen atoms in total. The molecule has 0 radical (unpaired) electrons. The van der Waals surface area contributed by atoms with E-state index >= 15 is 0 Å². The Kier molecular flexibility index (Phi) is 10.8. The number of methoxy groups -OCH3 is 1. The van der Waals surface area contributed by atoms with Crippen LogP contribution in [0.4, 0.5) is 5.69 Å². The third-order valence-corrected chi connectivity index (χ3v) is 6.24. The number of nitrogens with zero attached hydrogens (tertiary/aromatic N) is 4. The van der Waals surface area contributed by atoms with Crippen molar-refractivity contribution < 1.29 is 9.53 Å². The molecule has 2 fully saturated rings. The number of anilines is 1. The maximum Gasteiger partial charge on any atom is 0.243 e. The Hall–Kier alpha value is -1.75. The van der Waals surface area contributed by atoms with Gasteiger partial charge in [-0.3, -0.25) is 9.69 Å². The summed E-state index contributed by atoms with van der Waals surface area (Å²) in [6.07, 6.45) is 3.45. The number of benzene rings is 1. The minimum atomic E-state index is -0.000721. The third kappa shape index (κ3) is 7.13. The summed E-state index contributed by atoms with van der Waals surface area (Å²) in [5, 5.41) is 7.08. The lowest BCUT2D eigenvalue weighted by Crippen LogP contribution is -2.49. The normalized spacial score (nSPS) is 21.2. The van der Waals surface area contributed by atoms with Crippen LogP contribution in [0.25, 0.3) is 0 Å². The molecular formula is C23H39IN6O2. The number of halogens is 1. The topological polar surface area (TPSA) is 72.4 Å². The molecule has 0 spiro atoms. The highest BCUT2D eigenvalue weighted by Gasteiger charge is 2.27. The van der Waals surface area contributed by atoms with Crippen LogP contribution in [-0.2, 0) is 4.79 Å². The van der Waals surface area contributed by atoms with E-state index in [4.69, 9.17) is 4.74 Å². The predicted octanol–water partition coefficient (Wildman–Crippen LogP) is 2.00. The van der Waals surface area contributed by atoms with Crippen molar-refractivity contribution in [2.45, 2.75) is 38.3 Å². The fourth-order valence-electron chi connectivity index (χ4n) is 4.38. The van der Waals surface area contributed by atoms with Crippen LogP contribution in [0.2, 0.25) is 0 Å². The molecule has 2 atom stereocenters. The van der Waals surface area contributed by atoms with Gasteiger partial charge in [0.2, 0.25) is 5.91 Å². The summed E-state index contributed by atoms with van der Waals surface area (Å²) >= 11 is 0. The van der Waals surface area contributed by atoms with Crippen LogP contribution >= 0.6 is 24.0 Å². The smallest absolute Gasteiger partial charge is 0.243 e. The number of guanidine groups is 1. The Balaban J connectivity index is 0.00000363. The van der Waals surface area contributed by atoms with Gasteiger partial charge >= 0.3 is 0 Å². The molecule has 3 rings (SSSR count). The molecule has 180 valence electrons. The van der Waals surface area contributed by atoms with E-state index in [0.29, 0.717) is 6.04 Å². The number of hydrogen-bond acceptors (Lipinski definition) is 5. The molecule has 2 aliphatic rings. The molecule has 0 bridgehead atoms. The lowest BCUT2D eigenvalue weighted by Gasteiger charge is -2.25. The van der Waals surface area contributed by atoms with E-state index in [0.717, 1.165) is 50.0 Å². The van der Waals surface area contributed by atoms with Gasteiger partial charge in [0.1, 0.15) is 12.3 Å². The number of hydrogen-bond donors (Lipinski definition) is 2. The molecule has 2 aliphatic heterocycles. The zero-order valence-corrected chi connectivity index (χ0v) is 22.2. The molecule has 2 heterocycles. The molecule has 32 heavy (non-hydrogen) atoms. The van der Waals surface area contributed by atoms with Crippen LogP contribution in [0.5, 0.6) is 5.75 Å². The molecule has 0 aliphatic carbocycles. The average Bonchev–Trinajstić information content (AvgIpc) is 3.44. The fourth-order valence-corrected chi connectivity index (χ4v) is 4.38. The fraction of sp³-hybridized carbons (Fsp3) is 0.652. The summed E-state index contributed by atoms with van der Waals surface area (Å²) in [6, 6.07) is 8.92. The quantitative estimate of drug-likeness (QED) is 0.289. The van der Waals surface area contributed by atoms with E-state index in [2.05, 4.69) is 38.4 Å². The minimum Gasteiger partial charge on any atom is -0.495 e. The molecule has 2 N–H and O–H groups in total. The van der Waals surface area contributed by atoms with Gasteiger partial charge in [0, 0.05) is 45.8 Å². The minimum absolute atomic E-state index is 0. The van der Waals surface area contributed by atoms with Crippen LogP contribution < -0.4 is 20.3 Å². The number of nitrogens with one attached hydrogen (secondary N) is 2. The summed E-state index contributed by atoms with van der Waals surface area (Å²) in [5.41, 5.74) is 1.12. The number of carbonyl (C=O) groups is 1. The molecular weight excluding hydrogens is 519 g/mol. The molecule has 9 heteroatoms. The maximum atomic E-state index is 12.1. The maximum absolute atomic E-state index is 12.1. The average molecular weight is 559 g/mol. The van der Waals surface area contributed by atoms with Gasteiger partial charge < -0.3 is 25.2 Å². The van der Waals surface area contributed by atoms with E-state index in [1.165, 1.54) is 19.4 Å². The molecule has 2 saturated heterocycles. The zero-order valence-electron chi connectivity index (χ0n) is 19.8. The second-order valence-corrected chi connectivity index (χ2v) is 8.51. The number of likely N-dealkylation sites (N-methyl/N-ethyl adjacent to an activating group) is 2. The molecule has 0 saturated carbocycles. The lowest BCUT2D eigenvalue weighted by atomic mass is 10.2.